The van der Waals surface area contributed by atoms with Crippen LogP contribution in [-0.2, 0) is 9.53 Å². The number of thiazole rings is 1. The summed E-state index contributed by atoms with van der Waals surface area (Å²) < 4.78 is 18.3. The Morgan fingerprint density at radius 1 is 1.17 bits per heavy atom. The number of carbonyl (C=O) groups is 1. The summed E-state index contributed by atoms with van der Waals surface area (Å²) in [7, 11) is 1.55. The first-order valence-corrected chi connectivity index (χ1v) is 12.0. The molecule has 2 aromatic carbocycles. The number of methoxy groups -OCH3 is 1. The summed E-state index contributed by atoms with van der Waals surface area (Å²) in [6.45, 7) is 5.89. The van der Waals surface area contributed by atoms with E-state index < -0.39 is 12.0 Å². The number of para-hydroxylation sites is 1. The van der Waals surface area contributed by atoms with Gasteiger partial charge in [0.15, 0.2) is 16.3 Å². The van der Waals surface area contributed by atoms with Crippen LogP contribution in [0.4, 0.5) is 0 Å². The van der Waals surface area contributed by atoms with E-state index in [-0.39, 0.29) is 17.9 Å². The molecule has 0 radical (unpaired) electrons. The van der Waals surface area contributed by atoms with Crippen molar-refractivity contribution in [3.05, 3.63) is 84.5 Å². The van der Waals surface area contributed by atoms with Gasteiger partial charge in [0.05, 0.1) is 36.1 Å². The molecule has 0 saturated carbocycles. The highest BCUT2D eigenvalue weighted by Gasteiger charge is 2.34. The molecule has 0 aliphatic carbocycles. The molecule has 35 heavy (non-hydrogen) atoms. The highest BCUT2D eigenvalue weighted by Crippen LogP contribution is 2.35. The van der Waals surface area contributed by atoms with Gasteiger partial charge in [-0.2, -0.15) is 0 Å². The Morgan fingerprint density at radius 3 is 2.66 bits per heavy atom. The molecule has 0 saturated heterocycles. The van der Waals surface area contributed by atoms with Crippen LogP contribution in [0, 0.1) is 0 Å². The van der Waals surface area contributed by atoms with Gasteiger partial charge in [-0.1, -0.05) is 35.6 Å². The number of phenolic OH excluding ortho intramolecular Hbond substituents is 1. The first-order chi connectivity index (χ1) is 16.9. The standard InChI is InChI=1S/C26H26N2O6S/c1-5-33-20-13-16(11-12-18(20)29)14-21-24(30)28-23(17-9-7-8-10-19(17)32-4)22(25(31)34-6-2)15(3)27-26(28)35-21/h7-14,23,29H,5-6H2,1-4H3. The van der Waals surface area contributed by atoms with Crippen molar-refractivity contribution in [2.75, 3.05) is 20.3 Å². The summed E-state index contributed by atoms with van der Waals surface area (Å²) in [5.41, 5.74) is 1.81. The number of fused-ring (bicyclic) bond motifs is 1. The van der Waals surface area contributed by atoms with E-state index in [0.29, 0.717) is 49.8 Å². The summed E-state index contributed by atoms with van der Waals surface area (Å²) >= 11 is 1.22. The summed E-state index contributed by atoms with van der Waals surface area (Å²) in [6, 6.07) is 11.4. The van der Waals surface area contributed by atoms with Crippen molar-refractivity contribution in [1.29, 1.82) is 0 Å². The predicted molar refractivity (Wildman–Crippen MR) is 133 cm³/mol. The van der Waals surface area contributed by atoms with Gasteiger partial charge in [-0.05, 0) is 50.6 Å². The lowest BCUT2D eigenvalue weighted by Gasteiger charge is -2.25. The molecule has 8 nitrogen and oxygen atoms in total. The normalized spacial score (nSPS) is 15.4. The van der Waals surface area contributed by atoms with Gasteiger partial charge in [0.25, 0.3) is 5.56 Å². The lowest BCUT2D eigenvalue weighted by atomic mass is 9.95. The highest BCUT2D eigenvalue weighted by atomic mass is 32.1. The van der Waals surface area contributed by atoms with Crippen LogP contribution in [-0.4, -0.2) is 36.0 Å². The van der Waals surface area contributed by atoms with Gasteiger partial charge in [-0.3, -0.25) is 9.36 Å². The Bertz CT molecular complexity index is 1480. The number of ether oxygens (including phenoxy) is 3. The molecule has 1 atom stereocenters. The average Bonchev–Trinajstić information content (AvgIpc) is 3.14. The molecule has 1 aromatic heterocycles. The Kier molecular flexibility index (Phi) is 7.07. The quantitative estimate of drug-likeness (QED) is 0.507. The number of nitrogens with zero attached hydrogens (tertiary/aromatic N) is 2. The van der Waals surface area contributed by atoms with Crippen molar-refractivity contribution in [2.24, 2.45) is 4.99 Å². The molecule has 0 spiro atoms. The molecular weight excluding hydrogens is 468 g/mol. The molecule has 2 heterocycles. The van der Waals surface area contributed by atoms with Crippen LogP contribution in [0.3, 0.4) is 0 Å². The fourth-order valence-electron chi connectivity index (χ4n) is 4.02. The molecule has 1 aliphatic rings. The fourth-order valence-corrected chi connectivity index (χ4v) is 5.07. The van der Waals surface area contributed by atoms with Gasteiger partial charge in [0.2, 0.25) is 0 Å². The predicted octanol–water partition coefficient (Wildman–Crippen LogP) is 2.91. The third-order valence-electron chi connectivity index (χ3n) is 5.53. The number of carbonyl (C=O) groups excluding carboxylic acids is 1. The van der Waals surface area contributed by atoms with E-state index in [1.807, 2.05) is 25.1 Å². The second kappa shape index (κ2) is 10.2. The number of esters is 1. The molecule has 0 fully saturated rings. The lowest BCUT2D eigenvalue weighted by Crippen LogP contribution is -2.40. The van der Waals surface area contributed by atoms with Crippen LogP contribution >= 0.6 is 11.3 Å². The first-order valence-electron chi connectivity index (χ1n) is 11.2. The smallest absolute Gasteiger partial charge is 0.338 e. The average molecular weight is 495 g/mol. The maximum Gasteiger partial charge on any atom is 0.338 e. The second-order valence-corrected chi connectivity index (χ2v) is 8.71. The van der Waals surface area contributed by atoms with E-state index in [4.69, 9.17) is 14.2 Å². The van der Waals surface area contributed by atoms with Crippen LogP contribution in [0.15, 0.2) is 63.5 Å². The monoisotopic (exact) mass is 494 g/mol. The SMILES string of the molecule is CCOC(=O)C1=C(C)N=c2sc(=Cc3ccc(O)c(OCC)c3)c(=O)n2C1c1ccccc1OC. The topological polar surface area (TPSA) is 99.4 Å². The Labute approximate surface area is 206 Å². The number of phenols is 1. The zero-order chi connectivity index (χ0) is 25.1. The van der Waals surface area contributed by atoms with Crippen molar-refractivity contribution in [1.82, 2.24) is 4.57 Å². The number of aromatic nitrogens is 1. The molecular formula is C26H26N2O6S. The van der Waals surface area contributed by atoms with E-state index >= 15 is 0 Å². The molecule has 0 bridgehead atoms. The van der Waals surface area contributed by atoms with E-state index in [1.165, 1.54) is 22.0 Å². The van der Waals surface area contributed by atoms with Crippen molar-refractivity contribution >= 4 is 23.4 Å². The van der Waals surface area contributed by atoms with Crippen LogP contribution in [0.2, 0.25) is 0 Å². The second-order valence-electron chi connectivity index (χ2n) is 7.70. The molecule has 0 amide bonds. The molecule has 1 aliphatic heterocycles. The minimum atomic E-state index is -0.762. The third kappa shape index (κ3) is 4.59. The highest BCUT2D eigenvalue weighted by molar-refractivity contribution is 7.07. The Balaban J connectivity index is 1.95. The van der Waals surface area contributed by atoms with Gasteiger partial charge in [0, 0.05) is 5.56 Å². The molecule has 182 valence electrons. The van der Waals surface area contributed by atoms with Gasteiger partial charge in [-0.15, -0.1) is 0 Å². The maximum absolute atomic E-state index is 13.7. The van der Waals surface area contributed by atoms with Crippen LogP contribution in [0.25, 0.3) is 6.08 Å². The van der Waals surface area contributed by atoms with Gasteiger partial charge in [0.1, 0.15) is 11.8 Å². The fraction of sp³-hybridized carbons (Fsp3) is 0.269. The van der Waals surface area contributed by atoms with E-state index in [9.17, 15) is 14.7 Å². The number of hydrogen-bond donors (Lipinski definition) is 1. The third-order valence-corrected chi connectivity index (χ3v) is 6.51. The van der Waals surface area contributed by atoms with Crippen molar-refractivity contribution in [3.63, 3.8) is 0 Å². The zero-order valence-electron chi connectivity index (χ0n) is 19.9. The summed E-state index contributed by atoms with van der Waals surface area (Å²) in [5, 5.41) is 10.0. The van der Waals surface area contributed by atoms with E-state index in [0.717, 1.165) is 0 Å². The summed E-state index contributed by atoms with van der Waals surface area (Å²) in [6.07, 6.45) is 1.72. The number of benzene rings is 2. The van der Waals surface area contributed by atoms with E-state index in [2.05, 4.69) is 4.99 Å². The zero-order valence-corrected chi connectivity index (χ0v) is 20.7. The first kappa shape index (κ1) is 24.3. The Morgan fingerprint density at radius 2 is 1.94 bits per heavy atom. The van der Waals surface area contributed by atoms with E-state index in [1.54, 1.807) is 45.2 Å². The van der Waals surface area contributed by atoms with Gasteiger partial charge in [-0.25, -0.2) is 9.79 Å². The number of hydrogen-bond acceptors (Lipinski definition) is 8. The van der Waals surface area contributed by atoms with Crippen molar-refractivity contribution < 1.29 is 24.1 Å². The van der Waals surface area contributed by atoms with Gasteiger partial charge < -0.3 is 19.3 Å². The molecule has 3 aromatic rings. The molecule has 1 N–H and O–H groups in total. The van der Waals surface area contributed by atoms with Crippen molar-refractivity contribution in [3.8, 4) is 17.2 Å². The number of rotatable bonds is 7. The van der Waals surface area contributed by atoms with Crippen LogP contribution in [0.1, 0.15) is 37.9 Å². The van der Waals surface area contributed by atoms with Crippen molar-refractivity contribution in [2.45, 2.75) is 26.8 Å². The van der Waals surface area contributed by atoms with Gasteiger partial charge >= 0.3 is 5.97 Å². The number of allylic oxidation sites excluding steroid dienone is 1. The van der Waals surface area contributed by atoms with Crippen LogP contribution in [0.5, 0.6) is 17.2 Å². The molecule has 4 rings (SSSR count). The van der Waals surface area contributed by atoms with Crippen LogP contribution < -0.4 is 24.4 Å². The maximum atomic E-state index is 13.7. The largest absolute Gasteiger partial charge is 0.504 e. The summed E-state index contributed by atoms with van der Waals surface area (Å²) in [4.78, 5) is 31.7. The lowest BCUT2D eigenvalue weighted by molar-refractivity contribution is -0.139. The molecule has 9 heteroatoms. The number of aromatic hydroxyl groups is 1. The Hall–Kier alpha value is -3.85. The minimum absolute atomic E-state index is 0.0244. The minimum Gasteiger partial charge on any atom is -0.504 e. The summed E-state index contributed by atoms with van der Waals surface area (Å²) in [5.74, 6) is 0.375. The molecule has 1 unspecified atom stereocenters.